The summed E-state index contributed by atoms with van der Waals surface area (Å²) in [5, 5.41) is 2.76. The van der Waals surface area contributed by atoms with Gasteiger partial charge in [0.05, 0.1) is 0 Å². The molecule has 0 saturated heterocycles. The second-order valence-electron chi connectivity index (χ2n) is 3.08. The standard InChI is InChI=1S/C11H13NO.C2H6/c1-9(2)8-11(13)12-10-6-4-3-5-7-10;1-2/h3-8H,1-2H3,(H,12,13);1-2H3. The highest BCUT2D eigenvalue weighted by atomic mass is 16.1. The molecule has 2 nitrogen and oxygen atoms in total. The van der Waals surface area contributed by atoms with Gasteiger partial charge in [0.1, 0.15) is 0 Å². The van der Waals surface area contributed by atoms with Crippen LogP contribution in [0.3, 0.4) is 0 Å². The number of para-hydroxylation sites is 1. The normalized spacial score (nSPS) is 8.27. The summed E-state index contributed by atoms with van der Waals surface area (Å²) >= 11 is 0. The third-order valence-electron chi connectivity index (χ3n) is 1.46. The van der Waals surface area contributed by atoms with Crippen molar-refractivity contribution in [2.75, 3.05) is 5.32 Å². The molecule has 0 unspecified atom stereocenters. The largest absolute Gasteiger partial charge is 0.323 e. The minimum atomic E-state index is -0.0776. The van der Waals surface area contributed by atoms with Gasteiger partial charge in [-0.25, -0.2) is 0 Å². The molecule has 0 bridgehead atoms. The lowest BCUT2D eigenvalue weighted by Crippen LogP contribution is -2.07. The molecule has 15 heavy (non-hydrogen) atoms. The van der Waals surface area contributed by atoms with Gasteiger partial charge in [-0.2, -0.15) is 0 Å². The second-order valence-corrected chi connectivity index (χ2v) is 3.08. The van der Waals surface area contributed by atoms with Gasteiger partial charge >= 0.3 is 0 Å². The number of allylic oxidation sites excluding steroid dienone is 1. The molecule has 1 rings (SSSR count). The molecule has 0 fully saturated rings. The molecular weight excluding hydrogens is 186 g/mol. The summed E-state index contributed by atoms with van der Waals surface area (Å²) in [5.41, 5.74) is 1.82. The van der Waals surface area contributed by atoms with E-state index in [0.29, 0.717) is 0 Å². The lowest BCUT2D eigenvalue weighted by atomic mass is 10.3. The van der Waals surface area contributed by atoms with E-state index in [1.54, 1.807) is 6.08 Å². The van der Waals surface area contributed by atoms with E-state index in [1.165, 1.54) is 0 Å². The molecule has 0 aliphatic rings. The van der Waals surface area contributed by atoms with Crippen LogP contribution in [-0.4, -0.2) is 5.91 Å². The summed E-state index contributed by atoms with van der Waals surface area (Å²) in [6, 6.07) is 9.40. The van der Waals surface area contributed by atoms with Gasteiger partial charge < -0.3 is 5.32 Å². The average Bonchev–Trinajstić information content (AvgIpc) is 2.21. The van der Waals surface area contributed by atoms with Crippen molar-refractivity contribution in [1.29, 1.82) is 0 Å². The first-order valence-electron chi connectivity index (χ1n) is 5.19. The molecule has 0 heterocycles. The van der Waals surface area contributed by atoms with Gasteiger partial charge in [0.2, 0.25) is 5.91 Å². The Morgan fingerprint density at radius 1 is 1.13 bits per heavy atom. The summed E-state index contributed by atoms with van der Waals surface area (Å²) in [6.07, 6.45) is 1.58. The van der Waals surface area contributed by atoms with Crippen LogP contribution in [0.2, 0.25) is 0 Å². The fourth-order valence-corrected chi connectivity index (χ4v) is 0.962. The highest BCUT2D eigenvalue weighted by molar-refractivity contribution is 5.99. The highest BCUT2D eigenvalue weighted by Gasteiger charge is 1.95. The van der Waals surface area contributed by atoms with Crippen molar-refractivity contribution >= 4 is 11.6 Å². The summed E-state index contributed by atoms with van der Waals surface area (Å²) in [5.74, 6) is -0.0776. The summed E-state index contributed by atoms with van der Waals surface area (Å²) < 4.78 is 0. The van der Waals surface area contributed by atoms with Crippen LogP contribution < -0.4 is 5.32 Å². The lowest BCUT2D eigenvalue weighted by Gasteiger charge is -2.00. The maximum atomic E-state index is 11.2. The van der Waals surface area contributed by atoms with Crippen LogP contribution in [0, 0.1) is 0 Å². The van der Waals surface area contributed by atoms with Gasteiger partial charge in [-0.3, -0.25) is 4.79 Å². The quantitative estimate of drug-likeness (QED) is 0.734. The van der Waals surface area contributed by atoms with Gasteiger partial charge in [0.15, 0.2) is 0 Å². The van der Waals surface area contributed by atoms with E-state index < -0.39 is 0 Å². The van der Waals surface area contributed by atoms with Gasteiger partial charge in [0, 0.05) is 11.8 Å². The van der Waals surface area contributed by atoms with Crippen LogP contribution in [-0.2, 0) is 4.79 Å². The van der Waals surface area contributed by atoms with Crippen molar-refractivity contribution in [2.45, 2.75) is 27.7 Å². The summed E-state index contributed by atoms with van der Waals surface area (Å²) in [4.78, 5) is 11.2. The molecule has 0 radical (unpaired) electrons. The van der Waals surface area contributed by atoms with Crippen molar-refractivity contribution in [3.05, 3.63) is 42.0 Å². The highest BCUT2D eigenvalue weighted by Crippen LogP contribution is 2.04. The van der Waals surface area contributed by atoms with E-state index in [1.807, 2.05) is 58.0 Å². The number of hydrogen-bond acceptors (Lipinski definition) is 1. The molecule has 1 aromatic rings. The molecule has 0 aliphatic carbocycles. The van der Waals surface area contributed by atoms with Crippen LogP contribution >= 0.6 is 0 Å². The Balaban J connectivity index is 0.000000921. The number of carbonyl (C=O) groups excluding carboxylic acids is 1. The van der Waals surface area contributed by atoms with Crippen LogP contribution in [0.15, 0.2) is 42.0 Å². The van der Waals surface area contributed by atoms with Gasteiger partial charge in [-0.15, -0.1) is 0 Å². The predicted octanol–water partition coefficient (Wildman–Crippen LogP) is 3.62. The maximum Gasteiger partial charge on any atom is 0.248 e. The van der Waals surface area contributed by atoms with Crippen LogP contribution in [0.4, 0.5) is 5.69 Å². The Morgan fingerprint density at radius 3 is 2.13 bits per heavy atom. The molecule has 0 aliphatic heterocycles. The van der Waals surface area contributed by atoms with E-state index in [-0.39, 0.29) is 5.91 Å². The molecule has 1 aromatic carbocycles. The SMILES string of the molecule is CC.CC(C)=CC(=O)Nc1ccccc1. The van der Waals surface area contributed by atoms with Crippen molar-refractivity contribution in [1.82, 2.24) is 0 Å². The fraction of sp³-hybridized carbons (Fsp3) is 0.308. The zero-order valence-corrected chi connectivity index (χ0v) is 9.87. The Kier molecular flexibility index (Phi) is 6.98. The average molecular weight is 205 g/mol. The van der Waals surface area contributed by atoms with Crippen molar-refractivity contribution < 1.29 is 4.79 Å². The smallest absolute Gasteiger partial charge is 0.248 e. The first kappa shape index (κ1) is 13.4. The van der Waals surface area contributed by atoms with E-state index in [2.05, 4.69) is 5.32 Å². The van der Waals surface area contributed by atoms with Crippen LogP contribution in [0.5, 0.6) is 0 Å². The Labute approximate surface area is 92.0 Å². The molecule has 0 atom stereocenters. The van der Waals surface area contributed by atoms with Gasteiger partial charge in [0.25, 0.3) is 0 Å². The van der Waals surface area contributed by atoms with Crippen molar-refractivity contribution in [3.63, 3.8) is 0 Å². The number of anilines is 1. The maximum absolute atomic E-state index is 11.2. The second kappa shape index (κ2) is 7.80. The molecule has 0 saturated carbocycles. The van der Waals surface area contributed by atoms with E-state index in [4.69, 9.17) is 0 Å². The molecule has 1 amide bonds. The lowest BCUT2D eigenvalue weighted by molar-refractivity contribution is -0.111. The third kappa shape index (κ3) is 6.49. The first-order chi connectivity index (χ1) is 7.18. The van der Waals surface area contributed by atoms with E-state index in [0.717, 1.165) is 11.3 Å². The van der Waals surface area contributed by atoms with Gasteiger partial charge in [-0.1, -0.05) is 37.6 Å². The van der Waals surface area contributed by atoms with E-state index >= 15 is 0 Å². The zero-order valence-electron chi connectivity index (χ0n) is 9.87. The van der Waals surface area contributed by atoms with Crippen LogP contribution in [0.1, 0.15) is 27.7 Å². The number of rotatable bonds is 2. The van der Waals surface area contributed by atoms with Crippen molar-refractivity contribution in [2.24, 2.45) is 0 Å². The zero-order chi connectivity index (χ0) is 11.7. The number of amides is 1. The number of carbonyl (C=O) groups is 1. The fourth-order valence-electron chi connectivity index (χ4n) is 0.962. The summed E-state index contributed by atoms with van der Waals surface area (Å²) in [7, 11) is 0. The predicted molar refractivity (Wildman–Crippen MR) is 65.9 cm³/mol. The Hall–Kier alpha value is -1.57. The molecule has 2 heteroatoms. The Morgan fingerprint density at radius 2 is 1.67 bits per heavy atom. The molecule has 1 N–H and O–H groups in total. The first-order valence-corrected chi connectivity index (χ1v) is 5.19. The number of benzene rings is 1. The monoisotopic (exact) mass is 205 g/mol. The summed E-state index contributed by atoms with van der Waals surface area (Å²) in [6.45, 7) is 7.79. The molecule has 0 aromatic heterocycles. The molecule has 82 valence electrons. The number of nitrogens with one attached hydrogen (secondary N) is 1. The topological polar surface area (TPSA) is 29.1 Å². The minimum Gasteiger partial charge on any atom is -0.323 e. The third-order valence-corrected chi connectivity index (χ3v) is 1.46. The van der Waals surface area contributed by atoms with Gasteiger partial charge in [-0.05, 0) is 26.0 Å². The van der Waals surface area contributed by atoms with Crippen LogP contribution in [0.25, 0.3) is 0 Å². The molecule has 0 spiro atoms. The molecular formula is C13H19NO. The minimum absolute atomic E-state index is 0.0776. The van der Waals surface area contributed by atoms with E-state index in [9.17, 15) is 4.79 Å². The Bertz CT molecular complexity index is 311. The van der Waals surface area contributed by atoms with Crippen molar-refractivity contribution in [3.8, 4) is 0 Å². The number of hydrogen-bond donors (Lipinski definition) is 1.